The summed E-state index contributed by atoms with van der Waals surface area (Å²) < 4.78 is 26.1. The van der Waals surface area contributed by atoms with E-state index in [2.05, 4.69) is 42.2 Å². The van der Waals surface area contributed by atoms with Crippen LogP contribution >= 0.6 is 0 Å². The van der Waals surface area contributed by atoms with Crippen LogP contribution in [0.4, 0.5) is 4.39 Å². The molecule has 0 spiro atoms. The maximum atomic E-state index is 13.2. The summed E-state index contributed by atoms with van der Waals surface area (Å²) in [5, 5.41) is 0. The second kappa shape index (κ2) is 12.2. The first kappa shape index (κ1) is 25.2. The van der Waals surface area contributed by atoms with Gasteiger partial charge in [-0.15, -0.1) is 0 Å². The number of likely N-dealkylation sites (tertiary alicyclic amines) is 1. The summed E-state index contributed by atoms with van der Waals surface area (Å²) in [5.41, 5.74) is 2.33. The number of hydrogen-bond donors (Lipinski definition) is 0. The number of rotatable bonds is 9. The number of benzene rings is 2. The van der Waals surface area contributed by atoms with Gasteiger partial charge in [0.1, 0.15) is 11.6 Å². The summed E-state index contributed by atoms with van der Waals surface area (Å²) in [7, 11) is 0. The van der Waals surface area contributed by atoms with Crippen LogP contribution in [0.1, 0.15) is 80.6 Å². The molecule has 192 valence electrons. The van der Waals surface area contributed by atoms with Crippen molar-refractivity contribution in [2.24, 2.45) is 11.8 Å². The van der Waals surface area contributed by atoms with E-state index < -0.39 is 0 Å². The SMILES string of the molecule is CCC1CCN(Cc2cnc(C(c3ccccc3)C3CCCCC3)o2)CC1OCc1ccc(F)cc1. The topological polar surface area (TPSA) is 38.5 Å². The van der Waals surface area contributed by atoms with Crippen LogP contribution in [0.5, 0.6) is 0 Å². The van der Waals surface area contributed by atoms with Crippen LogP contribution in [-0.2, 0) is 17.9 Å². The van der Waals surface area contributed by atoms with Gasteiger partial charge in [-0.3, -0.25) is 4.90 Å². The Labute approximate surface area is 214 Å². The molecule has 36 heavy (non-hydrogen) atoms. The zero-order valence-corrected chi connectivity index (χ0v) is 21.4. The molecule has 4 nitrogen and oxygen atoms in total. The minimum atomic E-state index is -0.210. The molecule has 0 amide bonds. The molecule has 2 heterocycles. The zero-order chi connectivity index (χ0) is 24.7. The molecule has 1 aliphatic carbocycles. The highest BCUT2D eigenvalue weighted by atomic mass is 19.1. The number of piperidine rings is 1. The number of nitrogens with zero attached hydrogens (tertiary/aromatic N) is 2. The molecule has 3 atom stereocenters. The third kappa shape index (κ3) is 6.24. The highest BCUT2D eigenvalue weighted by molar-refractivity contribution is 5.26. The number of oxazole rings is 1. The van der Waals surface area contributed by atoms with E-state index in [1.165, 1.54) is 49.8 Å². The van der Waals surface area contributed by atoms with Crippen molar-refractivity contribution in [1.82, 2.24) is 9.88 Å². The fraction of sp³-hybridized carbons (Fsp3) is 0.516. The molecule has 3 aromatic rings. The molecule has 1 saturated carbocycles. The average Bonchev–Trinajstić information content (AvgIpc) is 3.37. The van der Waals surface area contributed by atoms with Gasteiger partial charge in [0.2, 0.25) is 5.89 Å². The Hall–Kier alpha value is -2.50. The molecule has 0 N–H and O–H groups in total. The second-order valence-electron chi connectivity index (χ2n) is 10.6. The number of aromatic nitrogens is 1. The van der Waals surface area contributed by atoms with Gasteiger partial charge in [-0.2, -0.15) is 0 Å². The van der Waals surface area contributed by atoms with Crippen LogP contribution in [-0.4, -0.2) is 29.1 Å². The molecule has 0 bridgehead atoms. The molecule has 0 radical (unpaired) electrons. The molecular weight excluding hydrogens is 451 g/mol. The Balaban J connectivity index is 1.24. The highest BCUT2D eigenvalue weighted by Gasteiger charge is 2.32. The predicted octanol–water partition coefficient (Wildman–Crippen LogP) is 7.34. The molecule has 1 saturated heterocycles. The summed E-state index contributed by atoms with van der Waals surface area (Å²) in [6.07, 6.45) is 10.7. The van der Waals surface area contributed by atoms with Crippen molar-refractivity contribution in [2.45, 2.75) is 77.0 Å². The van der Waals surface area contributed by atoms with Gasteiger partial charge in [0.05, 0.1) is 31.4 Å². The number of halogens is 1. The first-order chi connectivity index (χ1) is 17.7. The van der Waals surface area contributed by atoms with E-state index in [1.807, 2.05) is 18.3 Å². The van der Waals surface area contributed by atoms with Crippen molar-refractivity contribution >= 4 is 0 Å². The first-order valence-electron chi connectivity index (χ1n) is 13.8. The lowest BCUT2D eigenvalue weighted by atomic mass is 9.77. The lowest BCUT2D eigenvalue weighted by molar-refractivity contribution is -0.0505. The smallest absolute Gasteiger partial charge is 0.202 e. The van der Waals surface area contributed by atoms with Crippen molar-refractivity contribution in [2.75, 3.05) is 13.1 Å². The number of ether oxygens (including phenoxy) is 1. The van der Waals surface area contributed by atoms with Crippen LogP contribution in [0.3, 0.4) is 0 Å². The van der Waals surface area contributed by atoms with E-state index in [4.69, 9.17) is 14.1 Å². The van der Waals surface area contributed by atoms with Crippen LogP contribution in [0.25, 0.3) is 0 Å². The van der Waals surface area contributed by atoms with E-state index in [1.54, 1.807) is 0 Å². The van der Waals surface area contributed by atoms with E-state index in [9.17, 15) is 4.39 Å². The fourth-order valence-electron chi connectivity index (χ4n) is 6.12. The third-order valence-electron chi connectivity index (χ3n) is 8.18. The van der Waals surface area contributed by atoms with Crippen molar-refractivity contribution in [3.8, 4) is 0 Å². The van der Waals surface area contributed by atoms with Gasteiger partial charge in [-0.05, 0) is 60.9 Å². The Kier molecular flexibility index (Phi) is 8.50. The molecule has 2 aliphatic rings. The first-order valence-corrected chi connectivity index (χ1v) is 13.8. The Morgan fingerprint density at radius 1 is 1.03 bits per heavy atom. The number of hydrogen-bond acceptors (Lipinski definition) is 4. The van der Waals surface area contributed by atoms with E-state index >= 15 is 0 Å². The van der Waals surface area contributed by atoms with Crippen molar-refractivity contribution < 1.29 is 13.5 Å². The van der Waals surface area contributed by atoms with Gasteiger partial charge in [-0.1, -0.05) is 75.1 Å². The molecular formula is C31H39FN2O2. The third-order valence-corrected chi connectivity index (χ3v) is 8.18. The van der Waals surface area contributed by atoms with Crippen LogP contribution in [0, 0.1) is 17.7 Å². The highest BCUT2D eigenvalue weighted by Crippen LogP contribution is 2.40. The molecule has 1 aromatic heterocycles. The van der Waals surface area contributed by atoms with Crippen LogP contribution < -0.4 is 0 Å². The maximum absolute atomic E-state index is 13.2. The van der Waals surface area contributed by atoms with Gasteiger partial charge < -0.3 is 9.15 Å². The average molecular weight is 491 g/mol. The molecule has 2 aromatic carbocycles. The van der Waals surface area contributed by atoms with Crippen LogP contribution in [0.2, 0.25) is 0 Å². The molecule has 5 rings (SSSR count). The monoisotopic (exact) mass is 490 g/mol. The van der Waals surface area contributed by atoms with Gasteiger partial charge in [0.15, 0.2) is 0 Å². The van der Waals surface area contributed by atoms with E-state index in [0.29, 0.717) is 18.4 Å². The quantitative estimate of drug-likeness (QED) is 0.314. The van der Waals surface area contributed by atoms with Crippen molar-refractivity contribution in [1.29, 1.82) is 0 Å². The van der Waals surface area contributed by atoms with Gasteiger partial charge in [0, 0.05) is 6.54 Å². The molecule has 2 fully saturated rings. The van der Waals surface area contributed by atoms with E-state index in [0.717, 1.165) is 49.7 Å². The standard InChI is InChI=1S/C31H39FN2O2/c1-2-24-17-18-34(21-29(24)35-22-23-13-15-27(32)16-14-23)20-28-19-33-31(36-28)30(25-9-5-3-6-10-25)26-11-7-4-8-12-26/h3,5-6,9-10,13-16,19,24,26,29-30H,2,4,7-8,11-12,17-18,20-22H2,1H3. The van der Waals surface area contributed by atoms with Crippen molar-refractivity contribution in [3.63, 3.8) is 0 Å². The lowest BCUT2D eigenvalue weighted by Gasteiger charge is -2.37. The summed E-state index contributed by atoms with van der Waals surface area (Å²) in [5.74, 6) is 2.97. The minimum Gasteiger partial charge on any atom is -0.444 e. The Morgan fingerprint density at radius 3 is 2.56 bits per heavy atom. The fourth-order valence-corrected chi connectivity index (χ4v) is 6.12. The zero-order valence-electron chi connectivity index (χ0n) is 21.4. The predicted molar refractivity (Wildman–Crippen MR) is 140 cm³/mol. The van der Waals surface area contributed by atoms with Crippen molar-refractivity contribution in [3.05, 3.63) is 89.4 Å². The summed E-state index contributed by atoms with van der Waals surface area (Å²) >= 11 is 0. The summed E-state index contributed by atoms with van der Waals surface area (Å²) in [6, 6.07) is 17.4. The van der Waals surface area contributed by atoms with Gasteiger partial charge >= 0.3 is 0 Å². The van der Waals surface area contributed by atoms with E-state index in [-0.39, 0.29) is 17.8 Å². The second-order valence-corrected chi connectivity index (χ2v) is 10.6. The summed E-state index contributed by atoms with van der Waals surface area (Å²) in [4.78, 5) is 7.25. The van der Waals surface area contributed by atoms with Gasteiger partial charge in [-0.25, -0.2) is 9.37 Å². The van der Waals surface area contributed by atoms with Gasteiger partial charge in [0.25, 0.3) is 0 Å². The van der Waals surface area contributed by atoms with Crippen LogP contribution in [0.15, 0.2) is 65.2 Å². The summed E-state index contributed by atoms with van der Waals surface area (Å²) in [6.45, 7) is 5.43. The molecule has 3 unspecified atom stereocenters. The Bertz CT molecular complexity index is 1060. The lowest BCUT2D eigenvalue weighted by Crippen LogP contribution is -2.44. The molecule has 1 aliphatic heterocycles. The molecule has 5 heteroatoms. The minimum absolute atomic E-state index is 0.163. The maximum Gasteiger partial charge on any atom is 0.202 e. The normalized spacial score (nSPS) is 22.5. The largest absolute Gasteiger partial charge is 0.444 e. The Morgan fingerprint density at radius 2 is 1.81 bits per heavy atom.